The summed E-state index contributed by atoms with van der Waals surface area (Å²) in [5, 5.41) is 8.95. The molecular weight excluding hydrogens is 270 g/mol. The molecule has 0 amide bonds. The molecule has 0 unspecified atom stereocenters. The lowest BCUT2D eigenvalue weighted by molar-refractivity contribution is 0.0688. The molecule has 2 aromatic rings. The first-order valence-corrected chi connectivity index (χ1v) is 5.73. The average molecular weight is 280 g/mol. The monoisotopic (exact) mass is 280 g/mol. The van der Waals surface area contributed by atoms with E-state index in [9.17, 15) is 13.6 Å². The lowest BCUT2D eigenvalue weighted by Gasteiger charge is -2.09. The molecule has 1 aromatic heterocycles. The molecule has 0 spiro atoms. The quantitative estimate of drug-likeness (QED) is 0.932. The van der Waals surface area contributed by atoms with Gasteiger partial charge in [-0.05, 0) is 18.6 Å². The van der Waals surface area contributed by atoms with Crippen molar-refractivity contribution in [2.24, 2.45) is 0 Å². The van der Waals surface area contributed by atoms with Crippen LogP contribution in [-0.2, 0) is 6.42 Å². The van der Waals surface area contributed by atoms with Gasteiger partial charge in [-0.2, -0.15) is 9.37 Å². The normalized spacial score (nSPS) is 10.3. The summed E-state index contributed by atoms with van der Waals surface area (Å²) in [4.78, 5) is 18.3. The maximum atomic E-state index is 13.9. The third-order valence-corrected chi connectivity index (χ3v) is 2.56. The highest BCUT2D eigenvalue weighted by atomic mass is 19.1. The van der Waals surface area contributed by atoms with Crippen molar-refractivity contribution < 1.29 is 23.4 Å². The van der Waals surface area contributed by atoms with Crippen LogP contribution in [0.25, 0.3) is 0 Å². The number of nitrogens with zero attached hydrogens (tertiary/aromatic N) is 2. The summed E-state index contributed by atoms with van der Waals surface area (Å²) in [6.07, 6.45) is 1.41. The number of carbonyl (C=O) groups is 1. The molecule has 1 aromatic carbocycles. The molecule has 0 aliphatic heterocycles. The van der Waals surface area contributed by atoms with Crippen LogP contribution in [0.5, 0.6) is 11.6 Å². The van der Waals surface area contributed by atoms with E-state index in [4.69, 9.17) is 9.84 Å². The van der Waals surface area contributed by atoms with Gasteiger partial charge in [-0.3, -0.25) is 0 Å². The van der Waals surface area contributed by atoms with Gasteiger partial charge in [0.25, 0.3) is 5.88 Å². The SMILES string of the molecule is CCc1ncnc(Oc2cccc(F)c2C(=O)O)c1F. The summed E-state index contributed by atoms with van der Waals surface area (Å²) in [5.74, 6) is -4.04. The molecule has 1 heterocycles. The fraction of sp³-hybridized carbons (Fsp3) is 0.154. The van der Waals surface area contributed by atoms with Gasteiger partial charge < -0.3 is 9.84 Å². The van der Waals surface area contributed by atoms with Gasteiger partial charge in [0.15, 0.2) is 0 Å². The Labute approximate surface area is 112 Å². The van der Waals surface area contributed by atoms with Gasteiger partial charge in [0, 0.05) is 0 Å². The molecule has 0 radical (unpaired) electrons. The van der Waals surface area contributed by atoms with Crippen molar-refractivity contribution in [3.63, 3.8) is 0 Å². The van der Waals surface area contributed by atoms with Crippen molar-refractivity contribution in [1.29, 1.82) is 0 Å². The Bertz CT molecular complexity index is 662. The predicted octanol–water partition coefficient (Wildman–Crippen LogP) is 2.81. The van der Waals surface area contributed by atoms with E-state index < -0.39 is 29.0 Å². The number of halogens is 2. The number of rotatable bonds is 4. The zero-order valence-electron chi connectivity index (χ0n) is 10.4. The summed E-state index contributed by atoms with van der Waals surface area (Å²) >= 11 is 0. The van der Waals surface area contributed by atoms with Gasteiger partial charge in [0.1, 0.15) is 23.5 Å². The first-order chi connectivity index (χ1) is 9.54. The molecule has 0 fully saturated rings. The predicted molar refractivity (Wildman–Crippen MR) is 64.8 cm³/mol. The summed E-state index contributed by atoms with van der Waals surface area (Å²) < 4.78 is 32.4. The Balaban J connectivity index is 2.46. The number of benzene rings is 1. The number of aromatic nitrogens is 2. The molecule has 7 heteroatoms. The third kappa shape index (κ3) is 2.56. The number of ether oxygens (including phenoxy) is 1. The summed E-state index contributed by atoms with van der Waals surface area (Å²) in [6, 6.07) is 3.46. The highest BCUT2D eigenvalue weighted by molar-refractivity contribution is 5.91. The van der Waals surface area contributed by atoms with E-state index in [0.717, 1.165) is 12.4 Å². The lowest BCUT2D eigenvalue weighted by atomic mass is 10.2. The molecule has 0 aliphatic carbocycles. The molecule has 0 atom stereocenters. The second-order valence-electron chi connectivity index (χ2n) is 3.81. The molecule has 2 rings (SSSR count). The van der Waals surface area contributed by atoms with Crippen molar-refractivity contribution in [1.82, 2.24) is 9.97 Å². The van der Waals surface area contributed by atoms with Crippen LogP contribution < -0.4 is 4.74 Å². The number of carboxylic acid groups (broad SMARTS) is 1. The molecule has 1 N–H and O–H groups in total. The number of carboxylic acids is 1. The number of aromatic carboxylic acids is 1. The number of aryl methyl sites for hydroxylation is 1. The number of hydrogen-bond donors (Lipinski definition) is 1. The van der Waals surface area contributed by atoms with Crippen LogP contribution in [0.3, 0.4) is 0 Å². The van der Waals surface area contributed by atoms with Crippen molar-refractivity contribution in [3.05, 3.63) is 47.4 Å². The van der Waals surface area contributed by atoms with Crippen LogP contribution in [-0.4, -0.2) is 21.0 Å². The van der Waals surface area contributed by atoms with E-state index >= 15 is 0 Å². The first-order valence-electron chi connectivity index (χ1n) is 5.73. The topological polar surface area (TPSA) is 72.3 Å². The molecule has 20 heavy (non-hydrogen) atoms. The van der Waals surface area contributed by atoms with E-state index in [1.54, 1.807) is 6.92 Å². The Morgan fingerprint density at radius 3 is 2.75 bits per heavy atom. The second-order valence-corrected chi connectivity index (χ2v) is 3.81. The van der Waals surface area contributed by atoms with E-state index in [1.807, 2.05) is 0 Å². The van der Waals surface area contributed by atoms with Crippen LogP contribution in [0.1, 0.15) is 23.0 Å². The van der Waals surface area contributed by atoms with Crippen LogP contribution in [0, 0.1) is 11.6 Å². The zero-order chi connectivity index (χ0) is 14.7. The summed E-state index contributed by atoms with van der Waals surface area (Å²) in [5.41, 5.74) is -0.549. The molecule has 0 saturated heterocycles. The molecule has 104 valence electrons. The third-order valence-electron chi connectivity index (χ3n) is 2.56. The molecule has 0 aliphatic rings. The maximum absolute atomic E-state index is 13.9. The first kappa shape index (κ1) is 13.9. The van der Waals surface area contributed by atoms with Gasteiger partial charge >= 0.3 is 5.97 Å². The highest BCUT2D eigenvalue weighted by Gasteiger charge is 2.20. The van der Waals surface area contributed by atoms with Crippen LogP contribution in [0.2, 0.25) is 0 Å². The highest BCUT2D eigenvalue weighted by Crippen LogP contribution is 2.28. The molecule has 0 bridgehead atoms. The fourth-order valence-corrected chi connectivity index (χ4v) is 1.61. The van der Waals surface area contributed by atoms with Gasteiger partial charge in [0.2, 0.25) is 5.82 Å². The maximum Gasteiger partial charge on any atom is 0.342 e. The van der Waals surface area contributed by atoms with E-state index in [2.05, 4.69) is 9.97 Å². The molecule has 0 saturated carbocycles. The van der Waals surface area contributed by atoms with Crippen molar-refractivity contribution in [2.75, 3.05) is 0 Å². The molecular formula is C13H10F2N2O3. The Morgan fingerprint density at radius 1 is 1.35 bits per heavy atom. The van der Waals surface area contributed by atoms with Gasteiger partial charge in [0.05, 0.1) is 5.69 Å². The average Bonchev–Trinajstić information content (AvgIpc) is 2.41. The van der Waals surface area contributed by atoms with E-state index in [-0.39, 0.29) is 11.4 Å². The van der Waals surface area contributed by atoms with E-state index in [1.165, 1.54) is 12.1 Å². The molecule has 5 nitrogen and oxygen atoms in total. The van der Waals surface area contributed by atoms with E-state index in [0.29, 0.717) is 6.42 Å². The fourth-order valence-electron chi connectivity index (χ4n) is 1.61. The Kier molecular flexibility index (Phi) is 3.88. The second kappa shape index (κ2) is 5.60. The lowest BCUT2D eigenvalue weighted by Crippen LogP contribution is -2.05. The van der Waals surface area contributed by atoms with Crippen molar-refractivity contribution in [3.8, 4) is 11.6 Å². The largest absolute Gasteiger partial charge is 0.477 e. The van der Waals surface area contributed by atoms with Gasteiger partial charge in [-0.15, -0.1) is 0 Å². The minimum atomic E-state index is -1.51. The minimum Gasteiger partial charge on any atom is -0.477 e. The summed E-state index contributed by atoms with van der Waals surface area (Å²) in [6.45, 7) is 1.69. The summed E-state index contributed by atoms with van der Waals surface area (Å²) in [7, 11) is 0. The zero-order valence-corrected chi connectivity index (χ0v) is 10.4. The minimum absolute atomic E-state index is 0.128. The van der Waals surface area contributed by atoms with Crippen LogP contribution >= 0.6 is 0 Å². The van der Waals surface area contributed by atoms with Crippen LogP contribution in [0.15, 0.2) is 24.5 Å². The standard InChI is InChI=1S/C13H10F2N2O3/c1-2-8-11(15)12(17-6-16-8)20-9-5-3-4-7(14)10(9)13(18)19/h3-6H,2H2,1H3,(H,18,19). The van der Waals surface area contributed by atoms with Crippen LogP contribution in [0.4, 0.5) is 8.78 Å². The number of hydrogen-bond acceptors (Lipinski definition) is 4. The Hall–Kier alpha value is -2.57. The van der Waals surface area contributed by atoms with Gasteiger partial charge in [-0.25, -0.2) is 14.2 Å². The smallest absolute Gasteiger partial charge is 0.342 e. The van der Waals surface area contributed by atoms with Gasteiger partial charge in [-0.1, -0.05) is 13.0 Å². The van der Waals surface area contributed by atoms with Crippen molar-refractivity contribution >= 4 is 5.97 Å². The van der Waals surface area contributed by atoms with Crippen molar-refractivity contribution in [2.45, 2.75) is 13.3 Å². The Morgan fingerprint density at radius 2 is 2.10 bits per heavy atom.